The number of thiocarbonyl (C=S) groups is 1. The molecule has 15 heavy (non-hydrogen) atoms. The second-order valence-electron chi connectivity index (χ2n) is 2.74. The smallest absolute Gasteiger partial charge is 0.174 e. The highest BCUT2D eigenvalue weighted by Gasteiger charge is 2.02. The van der Waals surface area contributed by atoms with Crippen LogP contribution in [-0.4, -0.2) is 35.5 Å². The molecule has 0 bridgehead atoms. The van der Waals surface area contributed by atoms with Crippen LogP contribution in [0.4, 0.5) is 5.82 Å². The number of anilines is 1. The number of aromatic hydroxyl groups is 1. The third-order valence-corrected chi connectivity index (χ3v) is 1.86. The van der Waals surface area contributed by atoms with E-state index in [2.05, 4.69) is 15.6 Å². The summed E-state index contributed by atoms with van der Waals surface area (Å²) in [7, 11) is 1.61. The summed E-state index contributed by atoms with van der Waals surface area (Å²) in [6, 6.07) is 3.18. The first-order valence-corrected chi connectivity index (χ1v) is 4.82. The minimum Gasteiger partial charge on any atom is -0.504 e. The van der Waals surface area contributed by atoms with Crippen LogP contribution in [0.5, 0.6) is 5.75 Å². The summed E-state index contributed by atoms with van der Waals surface area (Å²) < 4.78 is 4.85. The fourth-order valence-corrected chi connectivity index (χ4v) is 1.11. The van der Waals surface area contributed by atoms with Crippen molar-refractivity contribution in [1.29, 1.82) is 0 Å². The molecule has 5 nitrogen and oxygen atoms in total. The van der Waals surface area contributed by atoms with E-state index in [0.29, 0.717) is 24.1 Å². The lowest BCUT2D eigenvalue weighted by molar-refractivity contribution is 0.204. The van der Waals surface area contributed by atoms with E-state index >= 15 is 0 Å². The molecule has 0 fully saturated rings. The molecule has 1 aromatic heterocycles. The van der Waals surface area contributed by atoms with Crippen LogP contribution >= 0.6 is 12.2 Å². The van der Waals surface area contributed by atoms with Gasteiger partial charge in [0.2, 0.25) is 0 Å². The van der Waals surface area contributed by atoms with E-state index in [9.17, 15) is 5.11 Å². The molecule has 1 rings (SSSR count). The van der Waals surface area contributed by atoms with Gasteiger partial charge in [-0.15, -0.1) is 0 Å². The molecule has 0 aliphatic carbocycles. The molecule has 0 unspecified atom stereocenters. The van der Waals surface area contributed by atoms with Crippen LogP contribution in [0.1, 0.15) is 0 Å². The van der Waals surface area contributed by atoms with Crippen molar-refractivity contribution >= 4 is 23.1 Å². The Morgan fingerprint density at radius 2 is 2.47 bits per heavy atom. The summed E-state index contributed by atoms with van der Waals surface area (Å²) in [5, 5.41) is 15.5. The maximum Gasteiger partial charge on any atom is 0.174 e. The standard InChI is InChI=1S/C9H13N3O2S/c1-14-6-5-11-9(15)12-8-7(13)3-2-4-10-8/h2-4,13H,5-6H2,1H3,(H2,10,11,12,15). The Labute approximate surface area is 93.5 Å². The molecule has 82 valence electrons. The predicted molar refractivity (Wildman–Crippen MR) is 62.0 cm³/mol. The number of rotatable bonds is 4. The molecule has 0 spiro atoms. The maximum absolute atomic E-state index is 9.39. The average molecular weight is 227 g/mol. The predicted octanol–water partition coefficient (Wildman–Crippen LogP) is 0.720. The first kappa shape index (κ1) is 11.7. The first-order chi connectivity index (χ1) is 7.24. The molecule has 0 radical (unpaired) electrons. The Bertz CT molecular complexity index is 333. The summed E-state index contributed by atoms with van der Waals surface area (Å²) in [6.45, 7) is 1.17. The SMILES string of the molecule is COCCNC(=S)Nc1ncccc1O. The summed E-state index contributed by atoms with van der Waals surface area (Å²) in [4.78, 5) is 3.93. The molecular weight excluding hydrogens is 214 g/mol. The fraction of sp³-hybridized carbons (Fsp3) is 0.333. The van der Waals surface area contributed by atoms with Gasteiger partial charge in [-0.2, -0.15) is 0 Å². The average Bonchev–Trinajstić information content (AvgIpc) is 2.22. The van der Waals surface area contributed by atoms with E-state index < -0.39 is 0 Å². The highest BCUT2D eigenvalue weighted by atomic mass is 32.1. The number of hydrogen-bond acceptors (Lipinski definition) is 4. The van der Waals surface area contributed by atoms with E-state index in [1.54, 1.807) is 19.4 Å². The van der Waals surface area contributed by atoms with Crippen LogP contribution in [0, 0.1) is 0 Å². The number of nitrogens with one attached hydrogen (secondary N) is 2. The second kappa shape index (κ2) is 6.15. The Morgan fingerprint density at radius 1 is 1.67 bits per heavy atom. The number of methoxy groups -OCH3 is 1. The highest BCUT2D eigenvalue weighted by Crippen LogP contribution is 2.17. The van der Waals surface area contributed by atoms with Crippen molar-refractivity contribution in [2.75, 3.05) is 25.6 Å². The molecule has 1 aromatic rings. The number of hydrogen-bond donors (Lipinski definition) is 3. The van der Waals surface area contributed by atoms with E-state index in [0.717, 1.165) is 0 Å². The summed E-state index contributed by atoms with van der Waals surface area (Å²) in [5.74, 6) is 0.404. The minimum absolute atomic E-state index is 0.0633. The molecule has 6 heteroatoms. The number of pyridine rings is 1. The summed E-state index contributed by atoms with van der Waals surface area (Å²) in [6.07, 6.45) is 1.57. The first-order valence-electron chi connectivity index (χ1n) is 4.42. The van der Waals surface area contributed by atoms with Crippen LogP contribution < -0.4 is 10.6 Å². The second-order valence-corrected chi connectivity index (χ2v) is 3.15. The topological polar surface area (TPSA) is 66.4 Å². The Morgan fingerprint density at radius 3 is 3.13 bits per heavy atom. The molecule has 0 atom stereocenters. The normalized spacial score (nSPS) is 9.67. The van der Waals surface area contributed by atoms with Gasteiger partial charge in [0, 0.05) is 19.9 Å². The van der Waals surface area contributed by atoms with Gasteiger partial charge < -0.3 is 20.5 Å². The van der Waals surface area contributed by atoms with Crippen LogP contribution in [0.25, 0.3) is 0 Å². The van der Waals surface area contributed by atoms with Gasteiger partial charge in [0.25, 0.3) is 0 Å². The van der Waals surface area contributed by atoms with Gasteiger partial charge >= 0.3 is 0 Å². The molecule has 3 N–H and O–H groups in total. The van der Waals surface area contributed by atoms with Crippen molar-refractivity contribution in [3.63, 3.8) is 0 Å². The van der Waals surface area contributed by atoms with E-state index in [1.165, 1.54) is 6.07 Å². The van der Waals surface area contributed by atoms with Gasteiger partial charge in [-0.1, -0.05) is 0 Å². The zero-order valence-electron chi connectivity index (χ0n) is 8.36. The lowest BCUT2D eigenvalue weighted by atomic mass is 10.4. The van der Waals surface area contributed by atoms with Gasteiger partial charge in [-0.05, 0) is 24.4 Å². The quantitative estimate of drug-likeness (QED) is 0.520. The van der Waals surface area contributed by atoms with Crippen molar-refractivity contribution in [3.05, 3.63) is 18.3 Å². The number of ether oxygens (including phenoxy) is 1. The van der Waals surface area contributed by atoms with Crippen molar-refractivity contribution in [3.8, 4) is 5.75 Å². The molecule has 0 amide bonds. The number of nitrogens with zero attached hydrogens (tertiary/aromatic N) is 1. The van der Waals surface area contributed by atoms with Crippen LogP contribution in [0.3, 0.4) is 0 Å². The molecule has 0 saturated heterocycles. The van der Waals surface area contributed by atoms with E-state index in [-0.39, 0.29) is 5.75 Å². The number of aromatic nitrogens is 1. The fourth-order valence-electron chi connectivity index (χ4n) is 0.911. The van der Waals surface area contributed by atoms with Crippen molar-refractivity contribution in [2.45, 2.75) is 0 Å². The van der Waals surface area contributed by atoms with Gasteiger partial charge in [-0.3, -0.25) is 0 Å². The monoisotopic (exact) mass is 227 g/mol. The highest BCUT2D eigenvalue weighted by molar-refractivity contribution is 7.80. The molecular formula is C9H13N3O2S. The Hall–Kier alpha value is -1.40. The molecule has 0 saturated carbocycles. The molecule has 0 aromatic carbocycles. The van der Waals surface area contributed by atoms with Crippen LogP contribution in [0.2, 0.25) is 0 Å². The van der Waals surface area contributed by atoms with Gasteiger partial charge in [0.1, 0.15) is 0 Å². The van der Waals surface area contributed by atoms with Crippen LogP contribution in [0.15, 0.2) is 18.3 Å². The molecule has 1 heterocycles. The lowest BCUT2D eigenvalue weighted by Gasteiger charge is -2.09. The zero-order valence-corrected chi connectivity index (χ0v) is 9.17. The molecule has 0 aliphatic heterocycles. The Kier molecular flexibility index (Phi) is 4.79. The summed E-state index contributed by atoms with van der Waals surface area (Å²) >= 11 is 4.98. The van der Waals surface area contributed by atoms with Crippen LogP contribution in [-0.2, 0) is 4.74 Å². The zero-order chi connectivity index (χ0) is 11.1. The third kappa shape index (κ3) is 4.09. The van der Waals surface area contributed by atoms with Crippen molar-refractivity contribution < 1.29 is 9.84 Å². The maximum atomic E-state index is 9.39. The summed E-state index contributed by atoms with van der Waals surface area (Å²) in [5.41, 5.74) is 0. The largest absolute Gasteiger partial charge is 0.504 e. The van der Waals surface area contributed by atoms with Gasteiger partial charge in [-0.25, -0.2) is 4.98 Å². The van der Waals surface area contributed by atoms with Gasteiger partial charge in [0.15, 0.2) is 16.7 Å². The third-order valence-electron chi connectivity index (χ3n) is 1.61. The Balaban J connectivity index is 2.41. The lowest BCUT2D eigenvalue weighted by Crippen LogP contribution is -2.31. The van der Waals surface area contributed by atoms with E-state index in [1.807, 2.05) is 0 Å². The van der Waals surface area contributed by atoms with Crippen molar-refractivity contribution in [1.82, 2.24) is 10.3 Å². The van der Waals surface area contributed by atoms with E-state index in [4.69, 9.17) is 17.0 Å². The minimum atomic E-state index is 0.0633. The molecule has 0 aliphatic rings. The van der Waals surface area contributed by atoms with Gasteiger partial charge in [0.05, 0.1) is 6.61 Å². The van der Waals surface area contributed by atoms with Crippen molar-refractivity contribution in [2.24, 2.45) is 0 Å².